The number of carbonyl (C=O) groups excluding carboxylic acids is 1. The lowest BCUT2D eigenvalue weighted by Gasteiger charge is -2.20. The zero-order valence-electron chi connectivity index (χ0n) is 12.3. The number of hydrogen-bond acceptors (Lipinski definition) is 5. The summed E-state index contributed by atoms with van der Waals surface area (Å²) in [5.41, 5.74) is 1.71. The minimum Gasteiger partial charge on any atom is -0.462 e. The van der Waals surface area contributed by atoms with E-state index in [0.29, 0.717) is 11.1 Å². The van der Waals surface area contributed by atoms with Gasteiger partial charge in [0.25, 0.3) is 5.56 Å². The fraction of sp³-hybridized carbons (Fsp3) is 0.118. The number of benzene rings is 1. The first-order valence-corrected chi connectivity index (χ1v) is 8.01. The molecule has 0 saturated heterocycles. The summed E-state index contributed by atoms with van der Waals surface area (Å²) in [5.74, 6) is -0.609. The standard InChI is InChI=1S/C17H12N2O3S/c1-2-22-17(21)14-12-9-5-4-8-18-16(9)23-11-7-3-6-10(13(11)12)19-15(14)20/h3-8H,2H2,1H3,(H,19,20). The maximum absolute atomic E-state index is 12.5. The Morgan fingerprint density at radius 3 is 3.00 bits per heavy atom. The maximum Gasteiger partial charge on any atom is 0.344 e. The highest BCUT2D eigenvalue weighted by Crippen LogP contribution is 2.46. The molecular formula is C17H12N2O3S. The molecule has 2 aromatic heterocycles. The van der Waals surface area contributed by atoms with Crippen LogP contribution in [0.5, 0.6) is 0 Å². The van der Waals surface area contributed by atoms with Gasteiger partial charge in [-0.15, -0.1) is 0 Å². The van der Waals surface area contributed by atoms with Crippen LogP contribution < -0.4 is 5.56 Å². The van der Waals surface area contributed by atoms with Gasteiger partial charge in [0, 0.05) is 27.6 Å². The van der Waals surface area contributed by atoms with Crippen LogP contribution in [0.1, 0.15) is 17.3 Å². The molecule has 0 atom stereocenters. The van der Waals surface area contributed by atoms with Crippen molar-refractivity contribution in [3.63, 3.8) is 0 Å². The fourth-order valence-electron chi connectivity index (χ4n) is 2.84. The van der Waals surface area contributed by atoms with Crippen LogP contribution in [0.15, 0.2) is 51.2 Å². The van der Waals surface area contributed by atoms with Crippen molar-refractivity contribution in [1.82, 2.24) is 9.97 Å². The highest BCUT2D eigenvalue weighted by atomic mass is 32.2. The Morgan fingerprint density at radius 2 is 2.17 bits per heavy atom. The van der Waals surface area contributed by atoms with Crippen molar-refractivity contribution in [2.24, 2.45) is 0 Å². The molecule has 3 aromatic rings. The number of hydrogen-bond donors (Lipinski definition) is 1. The number of carbonyl (C=O) groups is 1. The summed E-state index contributed by atoms with van der Waals surface area (Å²) >= 11 is 1.53. The van der Waals surface area contributed by atoms with Gasteiger partial charge in [-0.3, -0.25) is 4.79 Å². The van der Waals surface area contributed by atoms with Crippen molar-refractivity contribution >= 4 is 28.6 Å². The molecule has 1 aliphatic heterocycles. The molecule has 0 fully saturated rings. The number of nitrogens with zero attached hydrogens (tertiary/aromatic N) is 1. The Hall–Kier alpha value is -2.60. The van der Waals surface area contributed by atoms with Gasteiger partial charge in [-0.1, -0.05) is 23.9 Å². The number of nitrogens with one attached hydrogen (secondary N) is 1. The third kappa shape index (κ3) is 2.06. The first kappa shape index (κ1) is 14.0. The minimum atomic E-state index is -0.609. The lowest BCUT2D eigenvalue weighted by molar-refractivity contribution is 0.0525. The number of ether oxygens (including phenoxy) is 1. The molecule has 114 valence electrons. The molecule has 0 radical (unpaired) electrons. The minimum absolute atomic E-state index is 0.0429. The van der Waals surface area contributed by atoms with Gasteiger partial charge in [0.15, 0.2) is 0 Å². The van der Waals surface area contributed by atoms with E-state index in [9.17, 15) is 9.59 Å². The highest BCUT2D eigenvalue weighted by molar-refractivity contribution is 7.99. The van der Waals surface area contributed by atoms with Crippen molar-refractivity contribution in [3.05, 3.63) is 52.4 Å². The lowest BCUT2D eigenvalue weighted by atomic mass is 9.97. The molecule has 0 spiro atoms. The van der Waals surface area contributed by atoms with E-state index in [-0.39, 0.29) is 12.2 Å². The molecule has 0 saturated carbocycles. The van der Waals surface area contributed by atoms with Gasteiger partial charge >= 0.3 is 5.97 Å². The molecule has 3 heterocycles. The predicted molar refractivity (Wildman–Crippen MR) is 87.9 cm³/mol. The molecular weight excluding hydrogens is 312 g/mol. The summed E-state index contributed by atoms with van der Waals surface area (Å²) in [6, 6.07) is 9.35. The van der Waals surface area contributed by atoms with Gasteiger partial charge in [0.1, 0.15) is 10.6 Å². The second-order valence-electron chi connectivity index (χ2n) is 5.06. The van der Waals surface area contributed by atoms with Crippen LogP contribution in [-0.4, -0.2) is 22.5 Å². The first-order chi connectivity index (χ1) is 11.2. The fourth-order valence-corrected chi connectivity index (χ4v) is 3.90. The number of H-pyrrole nitrogens is 1. The Balaban J connectivity index is 2.18. The van der Waals surface area contributed by atoms with Gasteiger partial charge in [-0.2, -0.15) is 0 Å². The molecule has 0 aliphatic carbocycles. The van der Waals surface area contributed by atoms with E-state index < -0.39 is 11.5 Å². The van der Waals surface area contributed by atoms with E-state index >= 15 is 0 Å². The molecule has 0 unspecified atom stereocenters. The Labute approximate surface area is 135 Å². The van der Waals surface area contributed by atoms with E-state index in [1.165, 1.54) is 11.8 Å². The molecule has 6 heteroatoms. The average molecular weight is 324 g/mol. The number of fused-ring (bicyclic) bond motifs is 2. The van der Waals surface area contributed by atoms with E-state index in [4.69, 9.17) is 4.74 Å². The van der Waals surface area contributed by atoms with Gasteiger partial charge in [-0.05, 0) is 25.1 Å². The predicted octanol–water partition coefficient (Wildman–Crippen LogP) is 3.23. The highest BCUT2D eigenvalue weighted by Gasteiger charge is 2.28. The maximum atomic E-state index is 12.5. The van der Waals surface area contributed by atoms with Crippen LogP contribution in [-0.2, 0) is 4.74 Å². The molecule has 4 rings (SSSR count). The average Bonchev–Trinajstić information content (AvgIpc) is 2.55. The summed E-state index contributed by atoms with van der Waals surface area (Å²) < 4.78 is 5.09. The lowest BCUT2D eigenvalue weighted by Crippen LogP contribution is -2.22. The summed E-state index contributed by atoms with van der Waals surface area (Å²) in [6.07, 6.45) is 1.70. The zero-order valence-corrected chi connectivity index (χ0v) is 13.1. The van der Waals surface area contributed by atoms with Crippen molar-refractivity contribution in [2.75, 3.05) is 6.61 Å². The quantitative estimate of drug-likeness (QED) is 0.573. The van der Waals surface area contributed by atoms with Crippen molar-refractivity contribution < 1.29 is 9.53 Å². The normalized spacial score (nSPS) is 12.0. The zero-order chi connectivity index (χ0) is 16.0. The molecule has 0 amide bonds. The number of esters is 1. The monoisotopic (exact) mass is 324 g/mol. The molecule has 5 nitrogen and oxygen atoms in total. The summed E-state index contributed by atoms with van der Waals surface area (Å²) in [7, 11) is 0. The summed E-state index contributed by atoms with van der Waals surface area (Å²) in [5, 5.41) is 1.64. The molecule has 1 N–H and O–H groups in total. The molecule has 1 aromatic carbocycles. The van der Waals surface area contributed by atoms with Gasteiger partial charge in [0.2, 0.25) is 0 Å². The van der Waals surface area contributed by atoms with Gasteiger partial charge in [-0.25, -0.2) is 9.78 Å². The van der Waals surface area contributed by atoms with Crippen LogP contribution in [0, 0.1) is 0 Å². The van der Waals surface area contributed by atoms with E-state index in [0.717, 1.165) is 20.9 Å². The molecule has 23 heavy (non-hydrogen) atoms. The van der Waals surface area contributed by atoms with Crippen LogP contribution in [0.3, 0.4) is 0 Å². The van der Waals surface area contributed by atoms with Crippen molar-refractivity contribution in [3.8, 4) is 11.1 Å². The van der Waals surface area contributed by atoms with Crippen LogP contribution in [0.4, 0.5) is 0 Å². The van der Waals surface area contributed by atoms with Crippen LogP contribution in [0.25, 0.3) is 22.0 Å². The molecule has 1 aliphatic rings. The second-order valence-corrected chi connectivity index (χ2v) is 6.09. The van der Waals surface area contributed by atoms with Gasteiger partial charge < -0.3 is 9.72 Å². The van der Waals surface area contributed by atoms with E-state index in [2.05, 4.69) is 9.97 Å². The Bertz CT molecular complexity index is 1010. The second kappa shape index (κ2) is 5.24. The van der Waals surface area contributed by atoms with Gasteiger partial charge in [0.05, 0.1) is 12.1 Å². The van der Waals surface area contributed by atoms with Crippen LogP contribution >= 0.6 is 11.8 Å². The number of rotatable bonds is 2. The number of aromatic nitrogens is 2. The molecule has 0 bridgehead atoms. The third-order valence-corrected chi connectivity index (χ3v) is 4.81. The number of aromatic amines is 1. The Kier molecular flexibility index (Phi) is 3.20. The summed E-state index contributed by atoms with van der Waals surface area (Å²) in [6.45, 7) is 1.93. The van der Waals surface area contributed by atoms with Crippen molar-refractivity contribution in [2.45, 2.75) is 16.8 Å². The Morgan fingerprint density at radius 1 is 1.30 bits per heavy atom. The van der Waals surface area contributed by atoms with E-state index in [1.807, 2.05) is 24.3 Å². The first-order valence-electron chi connectivity index (χ1n) is 7.20. The number of pyridine rings is 2. The largest absolute Gasteiger partial charge is 0.462 e. The third-order valence-electron chi connectivity index (χ3n) is 3.73. The topological polar surface area (TPSA) is 72.1 Å². The smallest absolute Gasteiger partial charge is 0.344 e. The van der Waals surface area contributed by atoms with Crippen molar-refractivity contribution in [1.29, 1.82) is 0 Å². The van der Waals surface area contributed by atoms with E-state index in [1.54, 1.807) is 19.2 Å². The summed E-state index contributed by atoms with van der Waals surface area (Å²) in [4.78, 5) is 33.0. The van der Waals surface area contributed by atoms with Crippen LogP contribution in [0.2, 0.25) is 0 Å². The SMILES string of the molecule is CCOC(=O)c1c2c3c(cccc3[nH]c1=O)Sc1ncccc1-2.